The molecule has 4 nitrogen and oxygen atoms in total. The van der Waals surface area contributed by atoms with Gasteiger partial charge >= 0.3 is 0 Å². The number of hydrogen-bond acceptors (Lipinski definition) is 3. The highest BCUT2D eigenvalue weighted by Crippen LogP contribution is 2.07. The number of carbonyl (C=O) groups is 1. The van der Waals surface area contributed by atoms with Crippen molar-refractivity contribution in [2.45, 2.75) is 26.7 Å². The summed E-state index contributed by atoms with van der Waals surface area (Å²) in [6.07, 6.45) is 1.96. The molecule has 0 atom stereocenters. The van der Waals surface area contributed by atoms with Crippen molar-refractivity contribution in [2.24, 2.45) is 5.73 Å². The van der Waals surface area contributed by atoms with Crippen LogP contribution in [-0.4, -0.2) is 19.6 Å². The van der Waals surface area contributed by atoms with Crippen LogP contribution in [-0.2, 0) is 14.3 Å². The summed E-state index contributed by atoms with van der Waals surface area (Å²) in [7, 11) is 1.45. The summed E-state index contributed by atoms with van der Waals surface area (Å²) >= 11 is 0. The van der Waals surface area contributed by atoms with Gasteiger partial charge < -0.3 is 15.2 Å². The summed E-state index contributed by atoms with van der Waals surface area (Å²) in [5.41, 5.74) is 5.38. The van der Waals surface area contributed by atoms with Crippen LogP contribution in [0.3, 0.4) is 0 Å². The molecule has 0 heterocycles. The predicted molar refractivity (Wildman–Crippen MR) is 49.8 cm³/mol. The number of hydrogen-bond donors (Lipinski definition) is 1. The fourth-order valence-corrected chi connectivity index (χ4v) is 0.730. The largest absolute Gasteiger partial charge is 0.468 e. The molecule has 1 amide bonds. The highest BCUT2D eigenvalue weighted by atomic mass is 16.7. The standard InChI is InChI=1S/C9H17NO3/c1-4-5-6-13-9(12-3)7(2)8(10)11/h4-6H2,1-3H3,(H2,10,11). The average molecular weight is 187 g/mol. The molecule has 0 radical (unpaired) electrons. The van der Waals surface area contributed by atoms with E-state index in [4.69, 9.17) is 15.2 Å². The molecule has 0 aliphatic carbocycles. The van der Waals surface area contributed by atoms with E-state index in [1.807, 2.05) is 0 Å². The maximum atomic E-state index is 10.7. The van der Waals surface area contributed by atoms with Crippen molar-refractivity contribution >= 4 is 5.91 Å². The minimum Gasteiger partial charge on any atom is -0.468 e. The Morgan fingerprint density at radius 2 is 2.08 bits per heavy atom. The zero-order chi connectivity index (χ0) is 10.3. The van der Waals surface area contributed by atoms with Gasteiger partial charge in [-0.05, 0) is 13.3 Å². The van der Waals surface area contributed by atoms with E-state index in [-0.39, 0.29) is 5.95 Å². The molecule has 76 valence electrons. The van der Waals surface area contributed by atoms with Crippen molar-refractivity contribution in [1.82, 2.24) is 0 Å². The molecule has 0 rings (SSSR count). The molecule has 0 unspecified atom stereocenters. The molecule has 13 heavy (non-hydrogen) atoms. The molecule has 0 aromatic rings. The lowest BCUT2D eigenvalue weighted by atomic mass is 10.3. The van der Waals surface area contributed by atoms with Crippen LogP contribution in [0.5, 0.6) is 0 Å². The smallest absolute Gasteiger partial charge is 0.287 e. The number of methoxy groups -OCH3 is 1. The predicted octanol–water partition coefficient (Wildman–Crippen LogP) is 1.17. The monoisotopic (exact) mass is 187 g/mol. The maximum Gasteiger partial charge on any atom is 0.287 e. The lowest BCUT2D eigenvalue weighted by molar-refractivity contribution is -0.115. The van der Waals surface area contributed by atoms with Crippen LogP contribution < -0.4 is 5.73 Å². The fourth-order valence-electron chi connectivity index (χ4n) is 0.730. The van der Waals surface area contributed by atoms with E-state index in [0.29, 0.717) is 12.2 Å². The Balaban J connectivity index is 4.15. The summed E-state index contributed by atoms with van der Waals surface area (Å²) in [6, 6.07) is 0. The first-order chi connectivity index (χ1) is 6.13. The van der Waals surface area contributed by atoms with Crippen molar-refractivity contribution in [3.63, 3.8) is 0 Å². The third-order valence-corrected chi connectivity index (χ3v) is 1.59. The number of amides is 1. The van der Waals surface area contributed by atoms with Crippen molar-refractivity contribution < 1.29 is 14.3 Å². The van der Waals surface area contributed by atoms with Crippen LogP contribution >= 0.6 is 0 Å². The van der Waals surface area contributed by atoms with Gasteiger partial charge in [-0.3, -0.25) is 4.79 Å². The SMILES string of the molecule is CCCCOC(OC)=C(C)C(N)=O. The van der Waals surface area contributed by atoms with E-state index in [1.165, 1.54) is 7.11 Å². The van der Waals surface area contributed by atoms with Crippen molar-refractivity contribution in [2.75, 3.05) is 13.7 Å². The molecule has 4 heteroatoms. The van der Waals surface area contributed by atoms with E-state index >= 15 is 0 Å². The number of nitrogens with two attached hydrogens (primary N) is 1. The Morgan fingerprint density at radius 1 is 1.46 bits per heavy atom. The van der Waals surface area contributed by atoms with Crippen LogP contribution in [0.4, 0.5) is 0 Å². The molecule has 0 spiro atoms. The van der Waals surface area contributed by atoms with Crippen LogP contribution in [0.15, 0.2) is 11.5 Å². The van der Waals surface area contributed by atoms with Gasteiger partial charge in [-0.1, -0.05) is 13.3 Å². The third-order valence-electron chi connectivity index (χ3n) is 1.59. The van der Waals surface area contributed by atoms with Gasteiger partial charge in [0.2, 0.25) is 0 Å². The molecule has 0 aliphatic heterocycles. The first-order valence-corrected chi connectivity index (χ1v) is 4.31. The van der Waals surface area contributed by atoms with Gasteiger partial charge in [0.1, 0.15) is 0 Å². The second-order valence-corrected chi connectivity index (χ2v) is 2.68. The van der Waals surface area contributed by atoms with Gasteiger partial charge in [0, 0.05) is 0 Å². The summed E-state index contributed by atoms with van der Waals surface area (Å²) in [5.74, 6) is -0.297. The van der Waals surface area contributed by atoms with Crippen LogP contribution in [0.25, 0.3) is 0 Å². The summed E-state index contributed by atoms with van der Waals surface area (Å²) in [4.78, 5) is 10.7. The van der Waals surface area contributed by atoms with Gasteiger partial charge in [0.25, 0.3) is 11.9 Å². The lowest BCUT2D eigenvalue weighted by Crippen LogP contribution is -2.15. The fraction of sp³-hybridized carbons (Fsp3) is 0.667. The Labute approximate surface area is 78.7 Å². The second kappa shape index (κ2) is 6.34. The minimum absolute atomic E-state index is 0.223. The zero-order valence-corrected chi connectivity index (χ0v) is 8.42. The molecule has 0 aliphatic rings. The van der Waals surface area contributed by atoms with Gasteiger partial charge in [-0.15, -0.1) is 0 Å². The molecular formula is C9H17NO3. The summed E-state index contributed by atoms with van der Waals surface area (Å²) < 4.78 is 10.1. The van der Waals surface area contributed by atoms with E-state index in [9.17, 15) is 4.79 Å². The number of rotatable bonds is 6. The summed E-state index contributed by atoms with van der Waals surface area (Å²) in [5, 5.41) is 0. The third kappa shape index (κ3) is 4.40. The molecule has 0 fully saturated rings. The van der Waals surface area contributed by atoms with E-state index in [0.717, 1.165) is 12.8 Å². The number of carbonyl (C=O) groups excluding carboxylic acids is 1. The normalized spacial score (nSPS) is 11.9. The first kappa shape index (κ1) is 11.8. The summed E-state index contributed by atoms with van der Waals surface area (Å²) in [6.45, 7) is 4.18. The molecule has 0 aromatic carbocycles. The molecule has 0 bridgehead atoms. The van der Waals surface area contributed by atoms with Gasteiger partial charge in [-0.2, -0.15) is 0 Å². The highest BCUT2D eigenvalue weighted by Gasteiger charge is 2.08. The maximum absolute atomic E-state index is 10.7. The van der Waals surface area contributed by atoms with Crippen LogP contribution in [0.1, 0.15) is 26.7 Å². The van der Waals surface area contributed by atoms with Gasteiger partial charge in [0.15, 0.2) is 0 Å². The second-order valence-electron chi connectivity index (χ2n) is 2.68. The molecule has 0 aromatic heterocycles. The number of ether oxygens (including phenoxy) is 2. The molecule has 0 saturated carbocycles. The van der Waals surface area contributed by atoms with Crippen molar-refractivity contribution in [3.8, 4) is 0 Å². The van der Waals surface area contributed by atoms with Crippen molar-refractivity contribution in [3.05, 3.63) is 11.5 Å². The Morgan fingerprint density at radius 3 is 2.46 bits per heavy atom. The van der Waals surface area contributed by atoms with Crippen LogP contribution in [0, 0.1) is 0 Å². The highest BCUT2D eigenvalue weighted by molar-refractivity contribution is 5.91. The Bertz CT molecular complexity index is 199. The van der Waals surface area contributed by atoms with E-state index in [2.05, 4.69) is 6.92 Å². The van der Waals surface area contributed by atoms with Gasteiger partial charge in [0.05, 0.1) is 19.3 Å². The number of unbranched alkanes of at least 4 members (excludes halogenated alkanes) is 1. The lowest BCUT2D eigenvalue weighted by Gasteiger charge is -2.09. The van der Waals surface area contributed by atoms with E-state index < -0.39 is 5.91 Å². The molecule has 0 saturated heterocycles. The quantitative estimate of drug-likeness (QED) is 0.385. The zero-order valence-electron chi connectivity index (χ0n) is 8.42. The minimum atomic E-state index is -0.520. The number of primary amides is 1. The molecular weight excluding hydrogens is 170 g/mol. The van der Waals surface area contributed by atoms with Crippen molar-refractivity contribution in [1.29, 1.82) is 0 Å². The Hall–Kier alpha value is -1.19. The topological polar surface area (TPSA) is 61.6 Å². The molecule has 2 N–H and O–H groups in total. The first-order valence-electron chi connectivity index (χ1n) is 4.31. The average Bonchev–Trinajstić information content (AvgIpc) is 2.11. The van der Waals surface area contributed by atoms with Crippen LogP contribution in [0.2, 0.25) is 0 Å². The van der Waals surface area contributed by atoms with Gasteiger partial charge in [-0.25, -0.2) is 0 Å². The Kier molecular flexibility index (Phi) is 5.76. The van der Waals surface area contributed by atoms with E-state index in [1.54, 1.807) is 6.92 Å².